The summed E-state index contributed by atoms with van der Waals surface area (Å²) in [5.74, 6) is 0. The van der Waals surface area contributed by atoms with E-state index >= 15 is 0 Å². The molecule has 0 fully saturated rings. The van der Waals surface area contributed by atoms with Crippen molar-refractivity contribution in [2.24, 2.45) is 0 Å². The Balaban J connectivity index is 1.04. The molecule has 12 rings (SSSR count). The monoisotopic (exact) mass is 718 g/mol. The minimum atomic E-state index is 1.23. The molecule has 0 aliphatic heterocycles. The summed E-state index contributed by atoms with van der Waals surface area (Å²) < 4.78 is 5.40. The Morgan fingerprint density at radius 3 is 1.52 bits per heavy atom. The van der Waals surface area contributed by atoms with Crippen LogP contribution in [0.5, 0.6) is 0 Å². The van der Waals surface area contributed by atoms with Crippen LogP contribution in [0, 0.1) is 0 Å². The van der Waals surface area contributed by atoms with Crippen molar-refractivity contribution < 1.29 is 0 Å². The van der Waals surface area contributed by atoms with E-state index in [0.29, 0.717) is 0 Å². The summed E-state index contributed by atoms with van der Waals surface area (Å²) in [6.07, 6.45) is 0. The highest BCUT2D eigenvalue weighted by atomic mass is 32.1. The van der Waals surface area contributed by atoms with Crippen LogP contribution in [0.2, 0.25) is 0 Å². The molecule has 2 heterocycles. The maximum atomic E-state index is 2.46. The summed E-state index contributed by atoms with van der Waals surface area (Å²) in [4.78, 5) is 0. The molecule has 0 bridgehead atoms. The van der Waals surface area contributed by atoms with E-state index < -0.39 is 0 Å². The Morgan fingerprint density at radius 1 is 0.241 bits per heavy atom. The molecule has 0 aliphatic rings. The Labute approximate surface area is 319 Å². The molecule has 10 aromatic carbocycles. The number of hydrogen-bond donors (Lipinski definition) is 0. The van der Waals surface area contributed by atoms with Crippen LogP contribution in [0.25, 0.3) is 117 Å². The molecule has 0 saturated carbocycles. The fourth-order valence-electron chi connectivity index (χ4n) is 8.95. The summed E-state index contributed by atoms with van der Waals surface area (Å²) in [6.45, 7) is 0. The fraction of sp³-hybridized carbons (Fsp3) is 0. The smallest absolute Gasteiger partial charge is 0.0370 e. The molecule has 0 radical (unpaired) electrons. The number of thiophene rings is 2. The van der Waals surface area contributed by atoms with Gasteiger partial charge in [-0.05, 0) is 119 Å². The minimum absolute atomic E-state index is 1.23. The molecule has 0 atom stereocenters. The zero-order valence-electron chi connectivity index (χ0n) is 29.1. The molecule has 0 N–H and O–H groups in total. The SMILES string of the molecule is c1cc(-c2ccc3sc4cc5sc6ccc7ccccc7c6c5cc4c3c2)cc(-c2c3ccccc3c(-c3ccc4ccccc4c3)c3ccccc23)c1. The lowest BCUT2D eigenvalue weighted by Crippen LogP contribution is -1.91. The first-order valence-electron chi connectivity index (χ1n) is 18.5. The van der Waals surface area contributed by atoms with Crippen molar-refractivity contribution >= 4 is 106 Å². The second-order valence-electron chi connectivity index (χ2n) is 14.4. The maximum Gasteiger partial charge on any atom is 0.0370 e. The van der Waals surface area contributed by atoms with Gasteiger partial charge in [-0.1, -0.05) is 140 Å². The lowest BCUT2D eigenvalue weighted by molar-refractivity contribution is 1.63. The van der Waals surface area contributed by atoms with Gasteiger partial charge in [-0.3, -0.25) is 0 Å². The Hall–Kier alpha value is -6.32. The van der Waals surface area contributed by atoms with E-state index in [-0.39, 0.29) is 0 Å². The zero-order chi connectivity index (χ0) is 35.3. The first-order valence-corrected chi connectivity index (χ1v) is 20.1. The van der Waals surface area contributed by atoms with Crippen LogP contribution in [0.3, 0.4) is 0 Å². The van der Waals surface area contributed by atoms with Crippen LogP contribution in [0.15, 0.2) is 182 Å². The van der Waals surface area contributed by atoms with Crippen LogP contribution < -0.4 is 0 Å². The van der Waals surface area contributed by atoms with Gasteiger partial charge >= 0.3 is 0 Å². The molecule has 0 amide bonds. The van der Waals surface area contributed by atoms with Crippen LogP contribution in [0.4, 0.5) is 0 Å². The number of benzene rings is 10. The second kappa shape index (κ2) is 11.6. The van der Waals surface area contributed by atoms with Gasteiger partial charge in [0.15, 0.2) is 0 Å². The summed E-state index contributed by atoms with van der Waals surface area (Å²) in [5.41, 5.74) is 7.53. The molecule has 250 valence electrons. The van der Waals surface area contributed by atoms with E-state index in [1.165, 1.54) is 117 Å². The first kappa shape index (κ1) is 30.2. The average molecular weight is 719 g/mol. The number of fused-ring (bicyclic) bond motifs is 11. The molecule has 2 aromatic heterocycles. The predicted octanol–water partition coefficient (Wildman–Crippen LogP) is 16.0. The van der Waals surface area contributed by atoms with Crippen LogP contribution in [-0.4, -0.2) is 0 Å². The summed E-state index contributed by atoms with van der Waals surface area (Å²) in [7, 11) is 0. The topological polar surface area (TPSA) is 0 Å². The van der Waals surface area contributed by atoms with E-state index in [2.05, 4.69) is 182 Å². The quantitative estimate of drug-likeness (QED) is 0.160. The summed E-state index contributed by atoms with van der Waals surface area (Å²) in [6, 6.07) is 67.9. The normalized spacial score (nSPS) is 12.1. The zero-order valence-corrected chi connectivity index (χ0v) is 30.8. The molecule has 2 heteroatoms. The lowest BCUT2D eigenvalue weighted by atomic mass is 9.85. The second-order valence-corrected chi connectivity index (χ2v) is 16.6. The molecular weight excluding hydrogens is 689 g/mol. The van der Waals surface area contributed by atoms with Crippen molar-refractivity contribution in [3.63, 3.8) is 0 Å². The summed E-state index contributed by atoms with van der Waals surface area (Å²) in [5, 5.41) is 15.7. The Kier molecular flexibility index (Phi) is 6.48. The van der Waals surface area contributed by atoms with Crippen LogP contribution in [-0.2, 0) is 0 Å². The van der Waals surface area contributed by atoms with Crippen molar-refractivity contribution in [2.75, 3.05) is 0 Å². The van der Waals surface area contributed by atoms with Gasteiger partial charge < -0.3 is 0 Å². The molecule has 0 saturated heterocycles. The highest BCUT2D eigenvalue weighted by Crippen LogP contribution is 2.47. The van der Waals surface area contributed by atoms with Gasteiger partial charge in [-0.15, -0.1) is 22.7 Å². The highest BCUT2D eigenvalue weighted by molar-refractivity contribution is 7.28. The summed E-state index contributed by atoms with van der Waals surface area (Å²) >= 11 is 3.81. The van der Waals surface area contributed by atoms with E-state index in [4.69, 9.17) is 0 Å². The number of hydrogen-bond acceptors (Lipinski definition) is 2. The predicted molar refractivity (Wildman–Crippen MR) is 239 cm³/mol. The molecular formula is C52H30S2. The maximum absolute atomic E-state index is 2.46. The van der Waals surface area contributed by atoms with E-state index in [1.54, 1.807) is 0 Å². The molecule has 0 aliphatic carbocycles. The van der Waals surface area contributed by atoms with Gasteiger partial charge in [0.25, 0.3) is 0 Å². The number of rotatable bonds is 3. The minimum Gasteiger partial charge on any atom is -0.135 e. The van der Waals surface area contributed by atoms with Gasteiger partial charge in [0.05, 0.1) is 0 Å². The van der Waals surface area contributed by atoms with Crippen molar-refractivity contribution in [3.8, 4) is 33.4 Å². The van der Waals surface area contributed by atoms with Gasteiger partial charge in [0.2, 0.25) is 0 Å². The molecule has 0 unspecified atom stereocenters. The Morgan fingerprint density at radius 2 is 0.759 bits per heavy atom. The molecule has 0 spiro atoms. The Bertz CT molecular complexity index is 3450. The van der Waals surface area contributed by atoms with Crippen molar-refractivity contribution in [1.29, 1.82) is 0 Å². The van der Waals surface area contributed by atoms with E-state index in [1.807, 2.05) is 22.7 Å². The largest absolute Gasteiger partial charge is 0.135 e. The first-order chi connectivity index (χ1) is 26.7. The third-order valence-corrected chi connectivity index (χ3v) is 13.7. The van der Waals surface area contributed by atoms with Crippen LogP contribution >= 0.6 is 22.7 Å². The molecule has 54 heavy (non-hydrogen) atoms. The van der Waals surface area contributed by atoms with Gasteiger partial charge in [-0.2, -0.15) is 0 Å². The third kappa shape index (κ3) is 4.48. The van der Waals surface area contributed by atoms with Crippen LogP contribution in [0.1, 0.15) is 0 Å². The standard InChI is InChI=1S/C52H30S2/c1-2-12-33-26-37(21-20-31(33)10-1)51-41-18-7-5-16-39(41)50(40-17-6-8-19-42(40)51)36-14-9-13-34(27-36)35-23-24-46-43(28-35)44-29-45-49(30-48(44)53-46)54-47-25-22-32-11-3-4-15-38(32)52(45)47/h1-30H. The van der Waals surface area contributed by atoms with E-state index in [9.17, 15) is 0 Å². The average Bonchev–Trinajstić information content (AvgIpc) is 3.78. The fourth-order valence-corrected chi connectivity index (χ4v) is 11.3. The highest BCUT2D eigenvalue weighted by Gasteiger charge is 2.18. The van der Waals surface area contributed by atoms with Crippen molar-refractivity contribution in [2.45, 2.75) is 0 Å². The third-order valence-electron chi connectivity index (χ3n) is 11.4. The van der Waals surface area contributed by atoms with Gasteiger partial charge in [-0.25, -0.2) is 0 Å². The van der Waals surface area contributed by atoms with Gasteiger partial charge in [0.1, 0.15) is 0 Å². The molecule has 12 aromatic rings. The van der Waals surface area contributed by atoms with E-state index in [0.717, 1.165) is 0 Å². The van der Waals surface area contributed by atoms with Crippen molar-refractivity contribution in [3.05, 3.63) is 182 Å². The van der Waals surface area contributed by atoms with Gasteiger partial charge in [0, 0.05) is 40.3 Å². The lowest BCUT2D eigenvalue weighted by Gasteiger charge is -2.18. The molecule has 0 nitrogen and oxygen atoms in total. The van der Waals surface area contributed by atoms with Crippen molar-refractivity contribution in [1.82, 2.24) is 0 Å².